The topological polar surface area (TPSA) is 65.0 Å². The number of likely N-dealkylation sites (N-methyl/N-ethyl adjacent to an activating group) is 1. The molecule has 1 N–H and O–H groups in total. The van der Waals surface area contributed by atoms with Crippen molar-refractivity contribution in [1.82, 2.24) is 15.1 Å². The summed E-state index contributed by atoms with van der Waals surface area (Å²) < 4.78 is 0. The van der Waals surface area contributed by atoms with Gasteiger partial charge in [0.1, 0.15) is 0 Å². The number of thioether (sulfide) groups is 1. The summed E-state index contributed by atoms with van der Waals surface area (Å²) in [7, 11) is 1.69. The molecule has 6 nitrogen and oxygen atoms in total. The number of rotatable bonds is 13. The van der Waals surface area contributed by atoms with Crippen LogP contribution in [0.1, 0.15) is 71.1 Å². The Morgan fingerprint density at radius 2 is 1.68 bits per heavy atom. The first-order valence-electron chi connectivity index (χ1n) is 10.8. The molecular weight excluding hydrogens is 372 g/mol. The number of unbranched alkanes of at least 4 members (excludes halogenated alkanes) is 9. The number of nitrogens with one attached hydrogen (secondary N) is 1. The Morgan fingerprint density at radius 1 is 1.07 bits per heavy atom. The van der Waals surface area contributed by atoms with Gasteiger partial charge in [-0.05, 0) is 6.42 Å². The highest BCUT2D eigenvalue weighted by Gasteiger charge is 2.48. The van der Waals surface area contributed by atoms with E-state index in [1.807, 2.05) is 4.90 Å². The van der Waals surface area contributed by atoms with Gasteiger partial charge in [0.25, 0.3) is 5.91 Å². The molecule has 1 saturated heterocycles. The van der Waals surface area contributed by atoms with Crippen molar-refractivity contribution >= 4 is 28.9 Å². The van der Waals surface area contributed by atoms with Gasteiger partial charge < -0.3 is 9.80 Å². The maximum atomic E-state index is 12.3. The van der Waals surface area contributed by atoms with Gasteiger partial charge >= 0.3 is 6.03 Å². The molecule has 0 spiro atoms. The highest BCUT2D eigenvalue weighted by atomic mass is 32.2. The van der Waals surface area contributed by atoms with E-state index >= 15 is 0 Å². The van der Waals surface area contributed by atoms with E-state index in [9.17, 15) is 9.59 Å². The van der Waals surface area contributed by atoms with Crippen molar-refractivity contribution in [2.45, 2.75) is 83.3 Å². The zero-order valence-electron chi connectivity index (χ0n) is 17.5. The number of carbonyl (C=O) groups is 2. The Bertz CT molecular complexity index is 567. The number of hydrogen-bond donors (Lipinski definition) is 1. The van der Waals surface area contributed by atoms with Gasteiger partial charge in [0, 0.05) is 19.3 Å². The van der Waals surface area contributed by atoms with Crippen LogP contribution in [0.25, 0.3) is 0 Å². The molecule has 2 rings (SSSR count). The molecule has 2 atom stereocenters. The van der Waals surface area contributed by atoms with Crippen LogP contribution in [-0.2, 0) is 4.79 Å². The largest absolute Gasteiger partial charge is 0.332 e. The van der Waals surface area contributed by atoms with Gasteiger partial charge in [0.15, 0.2) is 17.4 Å². The van der Waals surface area contributed by atoms with Crippen LogP contribution in [0.2, 0.25) is 0 Å². The third-order valence-corrected chi connectivity index (χ3v) is 6.47. The summed E-state index contributed by atoms with van der Waals surface area (Å²) in [4.78, 5) is 32.3. The number of nitrogens with zero attached hydrogens (tertiary/aromatic N) is 3. The summed E-state index contributed by atoms with van der Waals surface area (Å²) in [5.41, 5.74) is 0. The van der Waals surface area contributed by atoms with Crippen molar-refractivity contribution in [3.05, 3.63) is 12.7 Å². The molecule has 7 heteroatoms. The van der Waals surface area contributed by atoms with E-state index in [4.69, 9.17) is 0 Å². The molecule has 2 aliphatic heterocycles. The molecule has 0 aromatic rings. The fourth-order valence-corrected chi connectivity index (χ4v) is 4.77. The van der Waals surface area contributed by atoms with Gasteiger partial charge in [-0.25, -0.2) is 9.79 Å². The van der Waals surface area contributed by atoms with Crippen LogP contribution in [0, 0.1) is 0 Å². The zero-order valence-corrected chi connectivity index (χ0v) is 18.3. The molecule has 0 aromatic carbocycles. The van der Waals surface area contributed by atoms with E-state index in [1.165, 1.54) is 62.7 Å². The van der Waals surface area contributed by atoms with E-state index in [0.717, 1.165) is 17.3 Å². The second kappa shape index (κ2) is 12.1. The fourth-order valence-electron chi connectivity index (χ4n) is 3.70. The highest BCUT2D eigenvalue weighted by molar-refractivity contribution is 8.13. The Balaban J connectivity index is 1.69. The maximum Gasteiger partial charge on any atom is 0.325 e. The maximum absolute atomic E-state index is 12.3. The lowest BCUT2D eigenvalue weighted by Gasteiger charge is -2.35. The smallest absolute Gasteiger partial charge is 0.325 e. The minimum Gasteiger partial charge on any atom is -0.332 e. The van der Waals surface area contributed by atoms with E-state index < -0.39 is 12.2 Å². The number of fused-ring (bicyclic) bond motifs is 1. The van der Waals surface area contributed by atoms with Crippen LogP contribution in [0.15, 0.2) is 17.6 Å². The molecule has 1 fully saturated rings. The Labute approximate surface area is 174 Å². The van der Waals surface area contributed by atoms with E-state index in [-0.39, 0.29) is 11.9 Å². The molecule has 0 radical (unpaired) electrons. The van der Waals surface area contributed by atoms with Crippen LogP contribution in [-0.4, -0.2) is 58.5 Å². The molecular formula is C21H36N4O2S. The molecule has 2 aliphatic rings. The Morgan fingerprint density at radius 3 is 2.29 bits per heavy atom. The first kappa shape index (κ1) is 22.8. The molecule has 0 saturated carbocycles. The van der Waals surface area contributed by atoms with E-state index in [1.54, 1.807) is 24.9 Å². The van der Waals surface area contributed by atoms with Crippen molar-refractivity contribution < 1.29 is 9.59 Å². The van der Waals surface area contributed by atoms with Gasteiger partial charge in [0.05, 0.1) is 0 Å². The molecule has 2 unspecified atom stereocenters. The quantitative estimate of drug-likeness (QED) is 0.363. The summed E-state index contributed by atoms with van der Waals surface area (Å²) in [5, 5.41) is 3.26. The van der Waals surface area contributed by atoms with Gasteiger partial charge in [-0.2, -0.15) is 0 Å². The van der Waals surface area contributed by atoms with Crippen molar-refractivity contribution in [3.63, 3.8) is 0 Å². The third kappa shape index (κ3) is 6.26. The van der Waals surface area contributed by atoms with Gasteiger partial charge in [-0.15, -0.1) is 6.58 Å². The number of amides is 3. The second-order valence-corrected chi connectivity index (χ2v) is 8.71. The van der Waals surface area contributed by atoms with E-state index in [2.05, 4.69) is 23.8 Å². The minimum absolute atomic E-state index is 0.270. The normalized spacial score (nSPS) is 21.6. The first-order chi connectivity index (χ1) is 13.6. The van der Waals surface area contributed by atoms with Crippen LogP contribution < -0.4 is 5.32 Å². The molecule has 158 valence electrons. The summed E-state index contributed by atoms with van der Waals surface area (Å²) in [6.45, 7) is 6.61. The van der Waals surface area contributed by atoms with Crippen molar-refractivity contribution in [2.24, 2.45) is 4.99 Å². The summed E-state index contributed by atoms with van der Waals surface area (Å²) in [6, 6.07) is -0.828. The number of amidine groups is 1. The second-order valence-electron chi connectivity index (χ2n) is 7.65. The van der Waals surface area contributed by atoms with Crippen LogP contribution >= 0.6 is 11.8 Å². The van der Waals surface area contributed by atoms with Crippen molar-refractivity contribution in [3.8, 4) is 0 Å². The standard InChI is InChI=1S/C21H36N4O2S/c1-4-6-7-8-9-10-11-12-13-14-16-28-21-22-18-17(25(21)15-5-2)19(26)23-20(27)24(18)3/h5,17-18H,2,4,6-16H2,1,3H3,(H,23,26,27). The number of imide groups is 1. The van der Waals surface area contributed by atoms with Crippen LogP contribution in [0.5, 0.6) is 0 Å². The van der Waals surface area contributed by atoms with E-state index in [0.29, 0.717) is 6.54 Å². The molecule has 0 aromatic heterocycles. The Kier molecular flexibility index (Phi) is 9.88. The molecule has 2 heterocycles. The van der Waals surface area contributed by atoms with Crippen molar-refractivity contribution in [1.29, 1.82) is 0 Å². The molecule has 0 aliphatic carbocycles. The number of carbonyl (C=O) groups excluding carboxylic acids is 2. The third-order valence-electron chi connectivity index (χ3n) is 5.38. The monoisotopic (exact) mass is 408 g/mol. The first-order valence-corrected chi connectivity index (χ1v) is 11.7. The van der Waals surface area contributed by atoms with Gasteiger partial charge in [-0.3, -0.25) is 10.1 Å². The lowest BCUT2D eigenvalue weighted by Crippen LogP contribution is -2.63. The lowest BCUT2D eigenvalue weighted by atomic mass is 10.1. The lowest BCUT2D eigenvalue weighted by molar-refractivity contribution is -0.126. The SMILES string of the molecule is C=CCN1C(SCCCCCCCCCCCC)=NC2C1C(=O)NC(=O)N2C. The summed E-state index contributed by atoms with van der Waals surface area (Å²) >= 11 is 1.69. The van der Waals surface area contributed by atoms with Gasteiger partial charge in [0.2, 0.25) is 0 Å². The number of hydrogen-bond acceptors (Lipinski definition) is 5. The minimum atomic E-state index is -0.448. The number of aliphatic imine (C=N–C) groups is 1. The average molecular weight is 409 g/mol. The number of urea groups is 1. The average Bonchev–Trinajstić information content (AvgIpc) is 3.04. The molecule has 3 amide bonds. The fraction of sp³-hybridized carbons (Fsp3) is 0.762. The zero-order chi connectivity index (χ0) is 20.4. The predicted octanol–water partition coefficient (Wildman–Crippen LogP) is 4.37. The predicted molar refractivity (Wildman–Crippen MR) is 118 cm³/mol. The molecule has 0 bridgehead atoms. The summed E-state index contributed by atoms with van der Waals surface area (Å²) in [5.74, 6) is 0.718. The highest BCUT2D eigenvalue weighted by Crippen LogP contribution is 2.28. The van der Waals surface area contributed by atoms with Crippen molar-refractivity contribution in [2.75, 3.05) is 19.3 Å². The van der Waals surface area contributed by atoms with Gasteiger partial charge in [-0.1, -0.05) is 82.5 Å². The van der Waals surface area contributed by atoms with Crippen LogP contribution in [0.4, 0.5) is 4.79 Å². The Hall–Kier alpha value is -1.50. The molecule has 28 heavy (non-hydrogen) atoms. The van der Waals surface area contributed by atoms with Crippen LogP contribution in [0.3, 0.4) is 0 Å². The summed E-state index contributed by atoms with van der Waals surface area (Å²) in [6.07, 6.45) is 14.5.